The van der Waals surface area contributed by atoms with E-state index in [9.17, 15) is 14.4 Å². The summed E-state index contributed by atoms with van der Waals surface area (Å²) in [6, 6.07) is 8.14. The normalized spacial score (nSPS) is 17.2. The molecular formula is C21H33N6NaO3. The first-order valence-corrected chi connectivity index (χ1v) is 10.3. The van der Waals surface area contributed by atoms with E-state index in [1.54, 1.807) is 11.9 Å². The number of likely N-dealkylation sites (tertiary alicyclic amines) is 1. The molecule has 3 atom stereocenters. The van der Waals surface area contributed by atoms with Crippen LogP contribution in [-0.4, -0.2) is 96.8 Å². The third-order valence-corrected chi connectivity index (χ3v) is 5.23. The van der Waals surface area contributed by atoms with Crippen LogP contribution >= 0.6 is 0 Å². The van der Waals surface area contributed by atoms with Crippen LogP contribution in [0.25, 0.3) is 0 Å². The van der Waals surface area contributed by atoms with Crippen LogP contribution in [0.4, 0.5) is 0 Å². The average Bonchev–Trinajstić information content (AvgIpc) is 3.24. The van der Waals surface area contributed by atoms with Gasteiger partial charge in [0.25, 0.3) is 0 Å². The number of benzene rings is 1. The van der Waals surface area contributed by atoms with E-state index in [1.807, 2.05) is 30.3 Å². The van der Waals surface area contributed by atoms with Crippen molar-refractivity contribution in [3.8, 4) is 0 Å². The van der Waals surface area contributed by atoms with E-state index in [0.717, 1.165) is 12.0 Å². The number of carbonyl (C=O) groups is 3. The van der Waals surface area contributed by atoms with E-state index >= 15 is 0 Å². The number of aliphatic imine (C=N–C) groups is 1. The zero-order valence-electron chi connectivity index (χ0n) is 17.4. The summed E-state index contributed by atoms with van der Waals surface area (Å²) in [5, 5.41) is 5.83. The molecule has 10 heteroatoms. The number of likely N-dealkylation sites (N-methyl/N-ethyl adjacent to an activating group) is 1. The van der Waals surface area contributed by atoms with Crippen LogP contribution in [0.2, 0.25) is 0 Å². The standard InChI is InChI=1S/C21H32N6O3.Na.H/c1-24-17(13-15-7-3-2-4-8-15)20(30)27-12-6-10-18(27)19(29)26-16(14-28)9-5-11-25-21(22)23;;/h2-4,7-8,14,16-18,24H,5-6,9-13H2,1H3,(H,26,29)(H4,22,23,25);;/t16?,17?,18-;;/m0../s1. The van der Waals surface area contributed by atoms with Crippen molar-refractivity contribution in [2.75, 3.05) is 20.1 Å². The van der Waals surface area contributed by atoms with Gasteiger partial charge in [0, 0.05) is 13.1 Å². The summed E-state index contributed by atoms with van der Waals surface area (Å²) in [6.45, 7) is 0.917. The SMILES string of the molecule is CNC(Cc1ccccc1)C(=O)N1CCC[C@H]1C(=O)NC(C=O)CCCN=C(N)N.[NaH]. The third kappa shape index (κ3) is 8.60. The number of guanidine groups is 1. The summed E-state index contributed by atoms with van der Waals surface area (Å²) in [5.41, 5.74) is 11.6. The molecule has 1 saturated heterocycles. The molecule has 0 aliphatic carbocycles. The molecule has 31 heavy (non-hydrogen) atoms. The number of amides is 2. The first-order valence-electron chi connectivity index (χ1n) is 10.3. The van der Waals surface area contributed by atoms with Crippen LogP contribution < -0.4 is 22.1 Å². The summed E-state index contributed by atoms with van der Waals surface area (Å²) in [7, 11) is 1.75. The van der Waals surface area contributed by atoms with Gasteiger partial charge >= 0.3 is 29.6 Å². The number of carbonyl (C=O) groups excluding carboxylic acids is 3. The van der Waals surface area contributed by atoms with Crippen LogP contribution in [0.5, 0.6) is 0 Å². The first-order chi connectivity index (χ1) is 14.5. The van der Waals surface area contributed by atoms with Crippen molar-refractivity contribution < 1.29 is 14.4 Å². The Kier molecular flexibility index (Phi) is 12.4. The number of nitrogens with zero attached hydrogens (tertiary/aromatic N) is 2. The summed E-state index contributed by atoms with van der Waals surface area (Å²) >= 11 is 0. The maximum absolute atomic E-state index is 13.1. The minimum absolute atomic E-state index is 0. The Labute approximate surface area is 205 Å². The maximum atomic E-state index is 13.1. The van der Waals surface area contributed by atoms with Gasteiger partial charge in [-0.2, -0.15) is 0 Å². The Morgan fingerprint density at radius 2 is 2.00 bits per heavy atom. The second kappa shape index (κ2) is 14.2. The van der Waals surface area contributed by atoms with Crippen LogP contribution in [0.3, 0.4) is 0 Å². The fourth-order valence-electron chi connectivity index (χ4n) is 3.64. The summed E-state index contributed by atoms with van der Waals surface area (Å²) in [6.07, 6.45) is 3.58. The van der Waals surface area contributed by atoms with Crippen LogP contribution in [0, 0.1) is 0 Å². The van der Waals surface area contributed by atoms with Gasteiger partial charge in [0.2, 0.25) is 11.8 Å². The summed E-state index contributed by atoms with van der Waals surface area (Å²) in [4.78, 5) is 42.8. The molecule has 0 radical (unpaired) electrons. The predicted molar refractivity (Wildman–Crippen MR) is 123 cm³/mol. The molecule has 0 saturated carbocycles. The minimum atomic E-state index is -0.631. The number of aldehydes is 1. The molecule has 1 aromatic carbocycles. The molecule has 0 aromatic heterocycles. The van der Waals surface area contributed by atoms with Crippen molar-refractivity contribution in [3.63, 3.8) is 0 Å². The molecule has 2 rings (SSSR count). The molecule has 6 N–H and O–H groups in total. The Hall–Kier alpha value is -1.94. The summed E-state index contributed by atoms with van der Waals surface area (Å²) in [5.74, 6) is -0.403. The molecule has 1 fully saturated rings. The number of nitrogens with two attached hydrogens (primary N) is 2. The predicted octanol–water partition coefficient (Wildman–Crippen LogP) is -1.10. The van der Waals surface area contributed by atoms with E-state index in [1.165, 1.54) is 0 Å². The van der Waals surface area contributed by atoms with Crippen molar-refractivity contribution in [1.29, 1.82) is 0 Å². The van der Waals surface area contributed by atoms with Gasteiger partial charge in [-0.15, -0.1) is 0 Å². The summed E-state index contributed by atoms with van der Waals surface area (Å²) < 4.78 is 0. The fourth-order valence-corrected chi connectivity index (χ4v) is 3.64. The van der Waals surface area contributed by atoms with Crippen LogP contribution in [0.15, 0.2) is 35.3 Å². The number of rotatable bonds is 11. The molecule has 0 bridgehead atoms. The van der Waals surface area contributed by atoms with Crippen molar-refractivity contribution in [3.05, 3.63) is 35.9 Å². The van der Waals surface area contributed by atoms with Crippen LogP contribution in [0.1, 0.15) is 31.2 Å². The van der Waals surface area contributed by atoms with Gasteiger partial charge in [-0.1, -0.05) is 30.3 Å². The van der Waals surface area contributed by atoms with Crippen molar-refractivity contribution in [2.45, 2.75) is 50.2 Å². The van der Waals surface area contributed by atoms with E-state index in [2.05, 4.69) is 15.6 Å². The van der Waals surface area contributed by atoms with Gasteiger partial charge in [0.05, 0.1) is 12.1 Å². The molecular weight excluding hydrogens is 407 g/mol. The Morgan fingerprint density at radius 1 is 1.29 bits per heavy atom. The zero-order chi connectivity index (χ0) is 21.9. The van der Waals surface area contributed by atoms with Crippen LogP contribution in [-0.2, 0) is 20.8 Å². The topological polar surface area (TPSA) is 143 Å². The van der Waals surface area contributed by atoms with Gasteiger partial charge < -0.3 is 31.8 Å². The van der Waals surface area contributed by atoms with Crippen molar-refractivity contribution in [2.24, 2.45) is 16.5 Å². The van der Waals surface area contributed by atoms with Gasteiger partial charge in [-0.3, -0.25) is 14.6 Å². The third-order valence-electron chi connectivity index (χ3n) is 5.23. The van der Waals surface area contributed by atoms with Gasteiger partial charge in [-0.25, -0.2) is 0 Å². The number of nitrogens with one attached hydrogen (secondary N) is 2. The fraction of sp³-hybridized carbons (Fsp3) is 0.524. The second-order valence-electron chi connectivity index (χ2n) is 7.42. The Morgan fingerprint density at radius 3 is 2.61 bits per heavy atom. The molecule has 2 amide bonds. The van der Waals surface area contributed by atoms with E-state index in [4.69, 9.17) is 11.5 Å². The van der Waals surface area contributed by atoms with E-state index in [0.29, 0.717) is 45.1 Å². The zero-order valence-corrected chi connectivity index (χ0v) is 17.4. The Balaban J connectivity index is 0.00000480. The molecule has 2 unspecified atom stereocenters. The van der Waals surface area contributed by atoms with Crippen molar-refractivity contribution >= 4 is 53.6 Å². The average molecular weight is 441 g/mol. The van der Waals surface area contributed by atoms with Gasteiger partial charge in [0.1, 0.15) is 12.3 Å². The van der Waals surface area contributed by atoms with E-state index in [-0.39, 0.29) is 47.3 Å². The van der Waals surface area contributed by atoms with Gasteiger partial charge in [-0.05, 0) is 44.7 Å². The number of hydrogen-bond acceptors (Lipinski definition) is 5. The molecule has 1 aromatic rings. The first kappa shape index (κ1) is 27.1. The van der Waals surface area contributed by atoms with Crippen molar-refractivity contribution in [1.82, 2.24) is 15.5 Å². The monoisotopic (exact) mass is 440 g/mol. The molecule has 1 aliphatic heterocycles. The molecule has 0 spiro atoms. The molecule has 9 nitrogen and oxygen atoms in total. The van der Waals surface area contributed by atoms with Gasteiger partial charge in [0.15, 0.2) is 5.96 Å². The Bertz CT molecular complexity index is 742. The molecule has 166 valence electrons. The molecule has 1 aliphatic rings. The number of hydrogen-bond donors (Lipinski definition) is 4. The quantitative estimate of drug-likeness (QED) is 0.113. The van der Waals surface area contributed by atoms with E-state index < -0.39 is 18.1 Å². The second-order valence-corrected chi connectivity index (χ2v) is 7.42. The molecule has 1 heterocycles.